The second-order valence-electron chi connectivity index (χ2n) is 4.86. The summed E-state index contributed by atoms with van der Waals surface area (Å²) < 4.78 is 58.0. The Morgan fingerprint density at radius 1 is 1.09 bits per heavy atom. The molecule has 0 bridgehead atoms. The fourth-order valence-corrected chi connectivity index (χ4v) is 1.83. The quantitative estimate of drug-likeness (QED) is 0.682. The summed E-state index contributed by atoms with van der Waals surface area (Å²) in [4.78, 5) is 12.0. The molecule has 0 aliphatic heterocycles. The maximum absolute atomic E-state index is 13.5. The van der Waals surface area contributed by atoms with Gasteiger partial charge in [-0.3, -0.25) is 4.79 Å². The SMILES string of the molecule is Cc1ccccc1NC(=O)[C@@H](C)Oc1c(F)c(F)cc(F)c1F. The molecule has 0 unspecified atom stereocenters. The number of hydrogen-bond acceptors (Lipinski definition) is 2. The van der Waals surface area contributed by atoms with Gasteiger partial charge in [0, 0.05) is 11.8 Å². The fraction of sp³-hybridized carbons (Fsp3) is 0.188. The largest absolute Gasteiger partial charge is 0.475 e. The van der Waals surface area contributed by atoms with E-state index < -0.39 is 41.0 Å². The normalized spacial score (nSPS) is 11.9. The first-order chi connectivity index (χ1) is 10.8. The molecule has 0 fully saturated rings. The third-order valence-corrected chi connectivity index (χ3v) is 3.14. The molecule has 0 aliphatic rings. The van der Waals surface area contributed by atoms with Crippen LogP contribution in [0.15, 0.2) is 30.3 Å². The zero-order chi connectivity index (χ0) is 17.1. The lowest BCUT2D eigenvalue weighted by Gasteiger charge is -2.16. The Kier molecular flexibility index (Phi) is 4.88. The van der Waals surface area contributed by atoms with Crippen LogP contribution in [0, 0.1) is 30.2 Å². The average molecular weight is 327 g/mol. The predicted molar refractivity (Wildman–Crippen MR) is 76.2 cm³/mol. The van der Waals surface area contributed by atoms with Crippen LogP contribution in [-0.2, 0) is 4.79 Å². The number of amides is 1. The third-order valence-electron chi connectivity index (χ3n) is 3.14. The van der Waals surface area contributed by atoms with Gasteiger partial charge in [0.05, 0.1) is 0 Å². The molecule has 1 amide bonds. The zero-order valence-electron chi connectivity index (χ0n) is 12.3. The van der Waals surface area contributed by atoms with Gasteiger partial charge in [0.15, 0.2) is 23.5 Å². The van der Waals surface area contributed by atoms with E-state index in [2.05, 4.69) is 5.32 Å². The van der Waals surface area contributed by atoms with Crippen LogP contribution in [0.4, 0.5) is 23.2 Å². The van der Waals surface area contributed by atoms with Gasteiger partial charge in [-0.25, -0.2) is 8.78 Å². The molecular weight excluding hydrogens is 314 g/mol. The summed E-state index contributed by atoms with van der Waals surface area (Å²) in [6.07, 6.45) is -1.38. The van der Waals surface area contributed by atoms with E-state index in [4.69, 9.17) is 4.74 Å². The number of carbonyl (C=O) groups is 1. The van der Waals surface area contributed by atoms with Gasteiger partial charge in [-0.1, -0.05) is 18.2 Å². The third kappa shape index (κ3) is 3.61. The molecule has 3 nitrogen and oxygen atoms in total. The van der Waals surface area contributed by atoms with Crippen LogP contribution in [-0.4, -0.2) is 12.0 Å². The van der Waals surface area contributed by atoms with Crippen LogP contribution in [0.3, 0.4) is 0 Å². The van der Waals surface area contributed by atoms with Gasteiger partial charge >= 0.3 is 0 Å². The second-order valence-corrected chi connectivity index (χ2v) is 4.86. The highest BCUT2D eigenvalue weighted by Gasteiger charge is 2.25. The number of nitrogens with one attached hydrogen (secondary N) is 1. The Hall–Kier alpha value is -2.57. The Morgan fingerprint density at radius 3 is 2.22 bits per heavy atom. The minimum absolute atomic E-state index is 0.0651. The first-order valence-electron chi connectivity index (χ1n) is 6.67. The first-order valence-corrected chi connectivity index (χ1v) is 6.67. The lowest BCUT2D eigenvalue weighted by Crippen LogP contribution is -2.31. The first kappa shape index (κ1) is 16.8. The average Bonchev–Trinajstić information content (AvgIpc) is 2.51. The highest BCUT2D eigenvalue weighted by atomic mass is 19.2. The molecule has 2 aromatic rings. The summed E-state index contributed by atoms with van der Waals surface area (Å²) in [5.74, 6) is -8.59. The molecule has 0 saturated heterocycles. The molecule has 0 spiro atoms. The summed E-state index contributed by atoms with van der Waals surface area (Å²) in [5, 5.41) is 2.50. The number of hydrogen-bond donors (Lipinski definition) is 1. The molecule has 122 valence electrons. The number of anilines is 1. The lowest BCUT2D eigenvalue weighted by atomic mass is 10.2. The van der Waals surface area contributed by atoms with Gasteiger partial charge in [0.2, 0.25) is 11.6 Å². The van der Waals surface area contributed by atoms with Crippen LogP contribution in [0.25, 0.3) is 0 Å². The highest BCUT2D eigenvalue weighted by molar-refractivity contribution is 5.94. The molecule has 0 saturated carbocycles. The Bertz CT molecular complexity index is 723. The van der Waals surface area contributed by atoms with Gasteiger partial charge in [-0.15, -0.1) is 0 Å². The van der Waals surface area contributed by atoms with Crippen LogP contribution in [0.5, 0.6) is 5.75 Å². The second kappa shape index (κ2) is 6.68. The minimum Gasteiger partial charge on any atom is -0.475 e. The summed E-state index contributed by atoms with van der Waals surface area (Å²) in [7, 11) is 0. The van der Waals surface area contributed by atoms with Crippen molar-refractivity contribution in [3.8, 4) is 5.75 Å². The lowest BCUT2D eigenvalue weighted by molar-refractivity contribution is -0.122. The molecule has 0 aromatic heterocycles. The van der Waals surface area contributed by atoms with Crippen molar-refractivity contribution in [3.63, 3.8) is 0 Å². The van der Waals surface area contributed by atoms with Crippen molar-refractivity contribution in [2.24, 2.45) is 0 Å². The molecule has 0 aliphatic carbocycles. The molecule has 1 N–H and O–H groups in total. The van der Waals surface area contributed by atoms with Crippen molar-refractivity contribution in [1.82, 2.24) is 0 Å². The Morgan fingerprint density at radius 2 is 1.65 bits per heavy atom. The van der Waals surface area contributed by atoms with E-state index in [9.17, 15) is 22.4 Å². The van der Waals surface area contributed by atoms with Crippen LogP contribution in [0.1, 0.15) is 12.5 Å². The van der Waals surface area contributed by atoms with Gasteiger partial charge in [-0.2, -0.15) is 8.78 Å². The topological polar surface area (TPSA) is 38.3 Å². The molecule has 2 aromatic carbocycles. The van der Waals surface area contributed by atoms with E-state index in [0.717, 1.165) is 5.56 Å². The van der Waals surface area contributed by atoms with Crippen molar-refractivity contribution < 1.29 is 27.1 Å². The zero-order valence-corrected chi connectivity index (χ0v) is 12.3. The van der Waals surface area contributed by atoms with E-state index in [1.54, 1.807) is 31.2 Å². The summed E-state index contributed by atoms with van der Waals surface area (Å²) in [6, 6.07) is 6.90. The molecule has 7 heteroatoms. The summed E-state index contributed by atoms with van der Waals surface area (Å²) in [6.45, 7) is 2.96. The standard InChI is InChI=1S/C16H13F4NO2/c1-8-5-3-4-6-12(8)21-16(22)9(2)23-15-13(19)10(17)7-11(18)14(15)20/h3-7,9H,1-2H3,(H,21,22)/t9-/m1/s1. The number of rotatable bonds is 4. The number of aryl methyl sites for hydroxylation is 1. The van der Waals surface area contributed by atoms with Crippen LogP contribution >= 0.6 is 0 Å². The van der Waals surface area contributed by atoms with E-state index >= 15 is 0 Å². The highest BCUT2D eigenvalue weighted by Crippen LogP contribution is 2.27. The fourth-order valence-electron chi connectivity index (χ4n) is 1.83. The number of ether oxygens (including phenoxy) is 1. The van der Waals surface area contributed by atoms with E-state index in [1.807, 2.05) is 0 Å². The smallest absolute Gasteiger partial charge is 0.265 e. The maximum Gasteiger partial charge on any atom is 0.265 e. The van der Waals surface area contributed by atoms with Crippen molar-refractivity contribution >= 4 is 11.6 Å². The number of benzene rings is 2. The predicted octanol–water partition coefficient (Wildman–Crippen LogP) is 3.96. The minimum atomic E-state index is -1.69. The monoisotopic (exact) mass is 327 g/mol. The Labute approximate surface area is 129 Å². The maximum atomic E-state index is 13.5. The Balaban J connectivity index is 2.18. The van der Waals surface area contributed by atoms with E-state index in [0.29, 0.717) is 5.69 Å². The molecule has 2 rings (SSSR count). The number of carbonyl (C=O) groups excluding carboxylic acids is 1. The van der Waals surface area contributed by atoms with E-state index in [1.165, 1.54) is 6.92 Å². The van der Waals surface area contributed by atoms with Gasteiger partial charge < -0.3 is 10.1 Å². The summed E-state index contributed by atoms with van der Waals surface area (Å²) in [5.41, 5.74) is 1.25. The van der Waals surface area contributed by atoms with Crippen molar-refractivity contribution in [2.75, 3.05) is 5.32 Å². The number of para-hydroxylation sites is 1. The molecule has 0 radical (unpaired) electrons. The van der Waals surface area contributed by atoms with Crippen molar-refractivity contribution in [1.29, 1.82) is 0 Å². The van der Waals surface area contributed by atoms with E-state index in [-0.39, 0.29) is 6.07 Å². The van der Waals surface area contributed by atoms with Crippen LogP contribution in [0.2, 0.25) is 0 Å². The molecule has 23 heavy (non-hydrogen) atoms. The number of halogens is 4. The van der Waals surface area contributed by atoms with Crippen molar-refractivity contribution in [3.05, 3.63) is 59.2 Å². The van der Waals surface area contributed by atoms with Gasteiger partial charge in [-0.05, 0) is 25.5 Å². The van der Waals surface area contributed by atoms with Crippen molar-refractivity contribution in [2.45, 2.75) is 20.0 Å². The molecule has 0 heterocycles. The molecular formula is C16H13F4NO2. The van der Waals surface area contributed by atoms with Gasteiger partial charge in [0.25, 0.3) is 5.91 Å². The summed E-state index contributed by atoms with van der Waals surface area (Å²) >= 11 is 0. The van der Waals surface area contributed by atoms with Crippen LogP contribution < -0.4 is 10.1 Å². The molecule has 1 atom stereocenters. The van der Waals surface area contributed by atoms with Gasteiger partial charge in [0.1, 0.15) is 0 Å².